The summed E-state index contributed by atoms with van der Waals surface area (Å²) in [6.07, 6.45) is 2.10. The number of rotatable bonds is 3. The highest BCUT2D eigenvalue weighted by Crippen LogP contribution is 2.32. The summed E-state index contributed by atoms with van der Waals surface area (Å²) < 4.78 is 10.7. The van der Waals surface area contributed by atoms with Crippen LogP contribution in [0, 0.1) is 5.92 Å². The summed E-state index contributed by atoms with van der Waals surface area (Å²) >= 11 is 0. The Labute approximate surface area is 161 Å². The lowest BCUT2D eigenvalue weighted by molar-refractivity contribution is -0.122. The number of ether oxygens (including phenoxy) is 1. The molecule has 8 heteroatoms. The number of benzene rings is 1. The van der Waals surface area contributed by atoms with Crippen molar-refractivity contribution in [3.05, 3.63) is 42.4 Å². The molecular weight excluding hydrogens is 362 g/mol. The van der Waals surface area contributed by atoms with Gasteiger partial charge in [-0.05, 0) is 50.1 Å². The Balaban J connectivity index is 1.34. The van der Waals surface area contributed by atoms with E-state index < -0.39 is 6.10 Å². The van der Waals surface area contributed by atoms with Crippen LogP contribution in [0.5, 0.6) is 5.75 Å². The Bertz CT molecular complexity index is 901. The van der Waals surface area contributed by atoms with E-state index in [1.54, 1.807) is 42.2 Å². The highest BCUT2D eigenvalue weighted by atomic mass is 16.5. The number of hydrogen-bond donors (Lipinski definition) is 2. The minimum atomic E-state index is -0.540. The van der Waals surface area contributed by atoms with E-state index in [9.17, 15) is 14.4 Å². The van der Waals surface area contributed by atoms with Crippen molar-refractivity contribution in [1.29, 1.82) is 0 Å². The summed E-state index contributed by atoms with van der Waals surface area (Å²) in [7, 11) is 0. The van der Waals surface area contributed by atoms with Gasteiger partial charge in [0.05, 0.1) is 12.0 Å². The monoisotopic (exact) mass is 383 g/mol. The highest BCUT2D eigenvalue weighted by molar-refractivity contribution is 5.99. The normalized spacial score (nSPS) is 19.4. The quantitative estimate of drug-likeness (QED) is 0.848. The van der Waals surface area contributed by atoms with Gasteiger partial charge in [0.25, 0.3) is 11.8 Å². The molecule has 0 aliphatic carbocycles. The summed E-state index contributed by atoms with van der Waals surface area (Å²) in [6.45, 7) is 2.68. The fourth-order valence-corrected chi connectivity index (χ4v) is 3.43. The molecule has 1 atom stereocenters. The number of carbonyl (C=O) groups is 3. The number of amides is 3. The zero-order valence-corrected chi connectivity index (χ0v) is 15.4. The first-order valence-electron chi connectivity index (χ1n) is 9.26. The number of hydrogen-bond acceptors (Lipinski definition) is 5. The number of carbonyl (C=O) groups excluding carboxylic acids is 3. The largest absolute Gasteiger partial charge is 0.479 e. The molecule has 0 saturated carbocycles. The van der Waals surface area contributed by atoms with Crippen molar-refractivity contribution < 1.29 is 23.5 Å². The molecule has 2 aromatic rings. The summed E-state index contributed by atoms with van der Waals surface area (Å²) in [5.41, 5.74) is 1.14. The van der Waals surface area contributed by atoms with Gasteiger partial charge in [-0.15, -0.1) is 0 Å². The molecule has 1 fully saturated rings. The van der Waals surface area contributed by atoms with Crippen molar-refractivity contribution in [3.8, 4) is 5.75 Å². The predicted molar refractivity (Wildman–Crippen MR) is 101 cm³/mol. The Kier molecular flexibility index (Phi) is 4.77. The number of fused-ring (bicyclic) bond motifs is 1. The van der Waals surface area contributed by atoms with E-state index in [2.05, 4.69) is 10.6 Å². The first-order valence-corrected chi connectivity index (χ1v) is 9.26. The van der Waals surface area contributed by atoms with Crippen LogP contribution in [0.2, 0.25) is 0 Å². The smallest absolute Gasteiger partial charge is 0.289 e. The Morgan fingerprint density at radius 2 is 2.00 bits per heavy atom. The molecule has 1 saturated heterocycles. The van der Waals surface area contributed by atoms with Gasteiger partial charge in [0.1, 0.15) is 5.75 Å². The van der Waals surface area contributed by atoms with Crippen molar-refractivity contribution in [2.24, 2.45) is 5.92 Å². The van der Waals surface area contributed by atoms with Gasteiger partial charge in [-0.3, -0.25) is 14.4 Å². The molecule has 3 amide bonds. The van der Waals surface area contributed by atoms with Gasteiger partial charge in [-0.2, -0.15) is 0 Å². The minimum Gasteiger partial charge on any atom is -0.479 e. The summed E-state index contributed by atoms with van der Waals surface area (Å²) in [5, 5.41) is 5.66. The molecule has 4 rings (SSSR count). The maximum atomic E-state index is 12.6. The molecule has 1 aromatic heterocycles. The van der Waals surface area contributed by atoms with Crippen molar-refractivity contribution in [2.45, 2.75) is 25.9 Å². The molecule has 8 nitrogen and oxygen atoms in total. The molecule has 146 valence electrons. The zero-order chi connectivity index (χ0) is 19.7. The maximum absolute atomic E-state index is 12.6. The van der Waals surface area contributed by atoms with Gasteiger partial charge < -0.3 is 24.7 Å². The molecule has 28 heavy (non-hydrogen) atoms. The van der Waals surface area contributed by atoms with E-state index in [-0.39, 0.29) is 23.6 Å². The van der Waals surface area contributed by atoms with Crippen molar-refractivity contribution in [3.63, 3.8) is 0 Å². The maximum Gasteiger partial charge on any atom is 0.289 e. The van der Waals surface area contributed by atoms with Gasteiger partial charge in [0, 0.05) is 24.7 Å². The third kappa shape index (κ3) is 3.58. The Hall–Kier alpha value is -3.29. The molecular formula is C20H21N3O5. The van der Waals surface area contributed by atoms with Crippen LogP contribution in [-0.4, -0.2) is 41.8 Å². The number of furan rings is 1. The van der Waals surface area contributed by atoms with Crippen LogP contribution in [0.4, 0.5) is 11.4 Å². The van der Waals surface area contributed by atoms with E-state index >= 15 is 0 Å². The van der Waals surface area contributed by atoms with Crippen molar-refractivity contribution >= 4 is 29.1 Å². The van der Waals surface area contributed by atoms with E-state index in [4.69, 9.17) is 9.15 Å². The van der Waals surface area contributed by atoms with Crippen LogP contribution < -0.4 is 15.4 Å². The van der Waals surface area contributed by atoms with E-state index in [1.165, 1.54) is 6.26 Å². The summed E-state index contributed by atoms with van der Waals surface area (Å²) in [4.78, 5) is 38.4. The standard InChI is InChI=1S/C20H21N3O5/c1-12-18(24)22-15-11-14(4-5-16(15)28-12)21-19(25)13-6-8-23(9-7-13)20(26)17-3-2-10-27-17/h2-5,10-13H,6-9H2,1H3,(H,21,25)(H,22,24). The molecule has 1 unspecified atom stereocenters. The lowest BCUT2D eigenvalue weighted by Crippen LogP contribution is -2.41. The van der Waals surface area contributed by atoms with Gasteiger partial charge in [0.15, 0.2) is 11.9 Å². The zero-order valence-electron chi connectivity index (χ0n) is 15.4. The second kappa shape index (κ2) is 7.38. The molecule has 2 N–H and O–H groups in total. The lowest BCUT2D eigenvalue weighted by Gasteiger charge is -2.31. The summed E-state index contributed by atoms with van der Waals surface area (Å²) in [5.74, 6) is 0.252. The van der Waals surface area contributed by atoms with E-state index in [0.29, 0.717) is 48.8 Å². The molecule has 0 spiro atoms. The number of piperidine rings is 1. The minimum absolute atomic E-state index is 0.0959. The number of nitrogens with one attached hydrogen (secondary N) is 2. The van der Waals surface area contributed by atoms with Crippen molar-refractivity contribution in [2.75, 3.05) is 23.7 Å². The molecule has 1 aromatic carbocycles. The average molecular weight is 383 g/mol. The van der Waals surface area contributed by atoms with Gasteiger partial charge in [-0.1, -0.05) is 0 Å². The van der Waals surface area contributed by atoms with E-state index in [0.717, 1.165) is 0 Å². The van der Waals surface area contributed by atoms with Crippen molar-refractivity contribution in [1.82, 2.24) is 4.90 Å². The van der Waals surface area contributed by atoms with Crippen LogP contribution in [0.1, 0.15) is 30.3 Å². The third-order valence-corrected chi connectivity index (χ3v) is 5.06. The Morgan fingerprint density at radius 1 is 1.21 bits per heavy atom. The fraction of sp³-hybridized carbons (Fsp3) is 0.350. The van der Waals surface area contributed by atoms with Gasteiger partial charge in [-0.25, -0.2) is 0 Å². The predicted octanol–water partition coefficient (Wildman–Crippen LogP) is 2.49. The molecule has 2 aliphatic heterocycles. The number of anilines is 2. The summed E-state index contributed by atoms with van der Waals surface area (Å²) in [6, 6.07) is 8.48. The van der Waals surface area contributed by atoms with Crippen LogP contribution in [-0.2, 0) is 9.59 Å². The van der Waals surface area contributed by atoms with Crippen LogP contribution in [0.3, 0.4) is 0 Å². The number of likely N-dealkylation sites (tertiary alicyclic amines) is 1. The first-order chi connectivity index (χ1) is 13.5. The highest BCUT2D eigenvalue weighted by Gasteiger charge is 2.29. The van der Waals surface area contributed by atoms with Gasteiger partial charge in [0.2, 0.25) is 5.91 Å². The fourth-order valence-electron chi connectivity index (χ4n) is 3.43. The third-order valence-electron chi connectivity index (χ3n) is 5.06. The second-order valence-corrected chi connectivity index (χ2v) is 6.99. The number of nitrogens with zero attached hydrogens (tertiary/aromatic N) is 1. The average Bonchev–Trinajstić information content (AvgIpc) is 3.23. The van der Waals surface area contributed by atoms with Crippen LogP contribution >= 0.6 is 0 Å². The topological polar surface area (TPSA) is 101 Å². The van der Waals surface area contributed by atoms with Crippen LogP contribution in [0.15, 0.2) is 41.0 Å². The van der Waals surface area contributed by atoms with Gasteiger partial charge >= 0.3 is 0 Å². The SMILES string of the molecule is CC1Oc2ccc(NC(=O)C3CCN(C(=O)c4ccco4)CC3)cc2NC1=O. The molecule has 2 aliphatic rings. The molecule has 0 radical (unpaired) electrons. The molecule has 0 bridgehead atoms. The second-order valence-electron chi connectivity index (χ2n) is 6.99. The van der Waals surface area contributed by atoms with Crippen LogP contribution in [0.25, 0.3) is 0 Å². The lowest BCUT2D eigenvalue weighted by atomic mass is 9.95. The van der Waals surface area contributed by atoms with E-state index in [1.807, 2.05) is 0 Å². The molecule has 3 heterocycles. The first kappa shape index (κ1) is 18.1. The Morgan fingerprint density at radius 3 is 2.71 bits per heavy atom.